The van der Waals surface area contributed by atoms with Crippen molar-refractivity contribution in [3.05, 3.63) is 54.6 Å². The van der Waals surface area contributed by atoms with E-state index in [1.807, 2.05) is 0 Å². The Hall–Kier alpha value is -3.26. The molecule has 0 aromatic heterocycles. The van der Waals surface area contributed by atoms with Crippen LogP contribution in [0.5, 0.6) is 5.75 Å². The van der Waals surface area contributed by atoms with Gasteiger partial charge in [0.1, 0.15) is 5.69 Å². The molecule has 0 fully saturated rings. The molecule has 0 atom stereocenters. The normalized spacial score (nSPS) is 12.1. The Morgan fingerprint density at radius 3 is 2.42 bits per heavy atom. The molecule has 0 saturated carbocycles. The van der Waals surface area contributed by atoms with Gasteiger partial charge in [-0.05, 0) is 43.3 Å². The number of ether oxygens (including phenoxy) is 2. The number of carbonyl (C=O) groups is 1. The minimum absolute atomic E-state index is 0.0539. The highest BCUT2D eigenvalue weighted by Gasteiger charge is 2.17. The van der Waals surface area contributed by atoms with Crippen LogP contribution in [0.25, 0.3) is 10.8 Å². The quantitative estimate of drug-likeness (QED) is 0.205. The lowest BCUT2D eigenvalue weighted by atomic mass is 10.1. The van der Waals surface area contributed by atoms with Crippen molar-refractivity contribution in [1.82, 2.24) is 0 Å². The number of rotatable bonds is 7. The molecule has 3 aromatic rings. The van der Waals surface area contributed by atoms with Crippen molar-refractivity contribution in [3.63, 3.8) is 0 Å². The molecule has 3 rings (SSSR count). The predicted octanol–water partition coefficient (Wildman–Crippen LogP) is 4.33. The maximum atomic E-state index is 12.0. The maximum absolute atomic E-state index is 12.0. The molecule has 0 saturated heterocycles. The number of halogens is 1. The molecular weight excluding hydrogens is 496 g/mol. The zero-order chi connectivity index (χ0) is 24.2. The molecule has 3 N–H and O–H groups in total. The zero-order valence-electron chi connectivity index (χ0n) is 16.9. The monoisotopic (exact) mass is 512 g/mol. The van der Waals surface area contributed by atoms with E-state index in [2.05, 4.69) is 15.0 Å². The molecule has 174 valence electrons. The molecule has 0 heterocycles. The van der Waals surface area contributed by atoms with Crippen LogP contribution in [0.2, 0.25) is 0 Å². The van der Waals surface area contributed by atoms with E-state index in [1.54, 1.807) is 13.0 Å². The number of hydrogen-bond donors (Lipinski definition) is 2. The van der Waals surface area contributed by atoms with Crippen LogP contribution in [0, 0.1) is 0 Å². The van der Waals surface area contributed by atoms with Gasteiger partial charge in [0.2, 0.25) is 0 Å². The van der Waals surface area contributed by atoms with Crippen molar-refractivity contribution in [2.45, 2.75) is 11.8 Å². The van der Waals surface area contributed by atoms with Gasteiger partial charge in [0.15, 0.2) is 5.75 Å². The third kappa shape index (κ3) is 6.38. The minimum Gasteiger partial charge on any atom is -0.434 e. The van der Waals surface area contributed by atoms with Gasteiger partial charge in [-0.25, -0.2) is 18.4 Å². The van der Waals surface area contributed by atoms with Crippen molar-refractivity contribution in [3.8, 4) is 5.75 Å². The van der Waals surface area contributed by atoms with Gasteiger partial charge in [-0.3, -0.25) is 4.72 Å². The van der Waals surface area contributed by atoms with E-state index in [9.17, 15) is 21.6 Å². The van der Waals surface area contributed by atoms with E-state index < -0.39 is 25.4 Å². The zero-order valence-corrected chi connectivity index (χ0v) is 19.3. The van der Waals surface area contributed by atoms with Gasteiger partial charge in [-0.15, -0.1) is 5.11 Å². The number of carbonyl (C=O) groups excluding carboxylic acids is 1. The predicted molar refractivity (Wildman–Crippen MR) is 122 cm³/mol. The molecule has 0 aliphatic carbocycles. The third-order valence-corrected chi connectivity index (χ3v) is 5.92. The van der Waals surface area contributed by atoms with Gasteiger partial charge in [0, 0.05) is 21.5 Å². The standard InChI is InChI=1S/C19H17ClN4O7S2/c1-2-30-19(25)31-18-15-7-4-8-16(24-33(21,28)29)14(15)9-10-17(18)23-22-12-5-3-6-13(11-12)32(20,26)27/h3-11,24H,2H2,1H3,(H2,21,28,29). The number of azo groups is 1. The summed E-state index contributed by atoms with van der Waals surface area (Å²) in [5, 5.41) is 13.8. The second-order valence-corrected chi connectivity index (χ2v) is 10.2. The molecule has 3 aromatic carbocycles. The SMILES string of the molecule is CCOC(=O)Oc1c(N=Nc2cccc(S(=O)(=O)Cl)c2)ccc2c(NS(N)(=O)=O)cccc12. The molecule has 11 nitrogen and oxygen atoms in total. The van der Waals surface area contributed by atoms with Gasteiger partial charge < -0.3 is 9.47 Å². The smallest absolute Gasteiger partial charge is 0.434 e. The summed E-state index contributed by atoms with van der Waals surface area (Å²) in [6.07, 6.45) is -1.01. The summed E-state index contributed by atoms with van der Waals surface area (Å²) in [6.45, 7) is 1.65. The molecule has 0 bridgehead atoms. The highest BCUT2D eigenvalue weighted by molar-refractivity contribution is 8.13. The van der Waals surface area contributed by atoms with E-state index >= 15 is 0 Å². The van der Waals surface area contributed by atoms with E-state index in [4.69, 9.17) is 25.3 Å². The van der Waals surface area contributed by atoms with Crippen LogP contribution < -0.4 is 14.6 Å². The van der Waals surface area contributed by atoms with E-state index in [0.717, 1.165) is 0 Å². The molecule has 0 radical (unpaired) electrons. The van der Waals surface area contributed by atoms with Crippen molar-refractivity contribution < 1.29 is 31.1 Å². The highest BCUT2D eigenvalue weighted by Crippen LogP contribution is 2.40. The van der Waals surface area contributed by atoms with Crippen molar-refractivity contribution in [2.75, 3.05) is 11.3 Å². The molecule has 0 aliphatic rings. The molecule has 0 aliphatic heterocycles. The number of benzene rings is 3. The Labute approximate surface area is 193 Å². The number of hydrogen-bond acceptors (Lipinski definition) is 9. The van der Waals surface area contributed by atoms with Crippen LogP contribution >= 0.6 is 10.7 Å². The first-order chi connectivity index (χ1) is 15.5. The molecule has 0 amide bonds. The fourth-order valence-electron chi connectivity index (χ4n) is 2.79. The van der Waals surface area contributed by atoms with Crippen LogP contribution in [0.15, 0.2) is 69.7 Å². The average molecular weight is 513 g/mol. The summed E-state index contributed by atoms with van der Waals surface area (Å²) in [5.41, 5.74) is 0.401. The lowest BCUT2D eigenvalue weighted by Crippen LogP contribution is -2.21. The Kier molecular flexibility index (Phi) is 7.17. The Bertz CT molecular complexity index is 1460. The van der Waals surface area contributed by atoms with Crippen LogP contribution in [-0.2, 0) is 24.0 Å². The van der Waals surface area contributed by atoms with Crippen molar-refractivity contribution >= 4 is 63.9 Å². The summed E-state index contributed by atoms with van der Waals surface area (Å²) in [5.74, 6) is -0.0612. The molecule has 14 heteroatoms. The summed E-state index contributed by atoms with van der Waals surface area (Å²) in [7, 11) is -2.68. The fraction of sp³-hybridized carbons (Fsp3) is 0.105. The summed E-state index contributed by atoms with van der Waals surface area (Å²) in [4.78, 5) is 11.9. The summed E-state index contributed by atoms with van der Waals surface area (Å²) < 4.78 is 58.4. The second-order valence-electron chi connectivity index (χ2n) is 6.38. The van der Waals surface area contributed by atoms with Crippen molar-refractivity contribution in [2.24, 2.45) is 15.4 Å². The molecule has 33 heavy (non-hydrogen) atoms. The first-order valence-electron chi connectivity index (χ1n) is 9.15. The first-order valence-corrected chi connectivity index (χ1v) is 13.0. The number of fused-ring (bicyclic) bond motifs is 1. The Morgan fingerprint density at radius 1 is 1.03 bits per heavy atom. The summed E-state index contributed by atoms with van der Waals surface area (Å²) in [6, 6.07) is 13.0. The van der Waals surface area contributed by atoms with Crippen LogP contribution in [0.3, 0.4) is 0 Å². The Balaban J connectivity index is 2.12. The molecule has 0 spiro atoms. The minimum atomic E-state index is -4.07. The Morgan fingerprint density at radius 2 is 1.76 bits per heavy atom. The fourth-order valence-corrected chi connectivity index (χ4v) is 4.06. The van der Waals surface area contributed by atoms with Gasteiger partial charge in [-0.2, -0.15) is 13.5 Å². The van der Waals surface area contributed by atoms with E-state index in [0.29, 0.717) is 10.8 Å². The van der Waals surface area contributed by atoms with Gasteiger partial charge in [0.25, 0.3) is 19.3 Å². The topological polar surface area (TPSA) is 167 Å². The van der Waals surface area contributed by atoms with Crippen LogP contribution in [-0.4, -0.2) is 29.6 Å². The van der Waals surface area contributed by atoms with Crippen LogP contribution in [0.4, 0.5) is 21.9 Å². The van der Waals surface area contributed by atoms with Crippen LogP contribution in [0.1, 0.15) is 6.92 Å². The molecule has 0 unspecified atom stereocenters. The first kappa shape index (κ1) is 24.4. The largest absolute Gasteiger partial charge is 0.513 e. The average Bonchev–Trinajstić information content (AvgIpc) is 2.72. The summed E-state index contributed by atoms with van der Waals surface area (Å²) >= 11 is 0. The number of anilines is 1. The third-order valence-electron chi connectivity index (χ3n) is 4.06. The van der Waals surface area contributed by atoms with E-state index in [1.165, 1.54) is 48.5 Å². The van der Waals surface area contributed by atoms with Gasteiger partial charge in [0.05, 0.1) is 22.9 Å². The lowest BCUT2D eigenvalue weighted by molar-refractivity contribution is 0.105. The van der Waals surface area contributed by atoms with Gasteiger partial charge in [-0.1, -0.05) is 18.2 Å². The number of nitrogens with two attached hydrogens (primary N) is 1. The highest BCUT2D eigenvalue weighted by atomic mass is 35.7. The second kappa shape index (κ2) is 9.70. The van der Waals surface area contributed by atoms with Crippen molar-refractivity contribution in [1.29, 1.82) is 0 Å². The number of nitrogens with one attached hydrogen (secondary N) is 1. The lowest BCUT2D eigenvalue weighted by Gasteiger charge is -2.13. The molecular formula is C19H17ClN4O7S2. The van der Waals surface area contributed by atoms with Gasteiger partial charge >= 0.3 is 6.16 Å². The van der Waals surface area contributed by atoms with E-state index in [-0.39, 0.29) is 34.3 Å². The number of nitrogens with zero attached hydrogens (tertiary/aromatic N) is 2. The maximum Gasteiger partial charge on any atom is 0.513 e.